The summed E-state index contributed by atoms with van der Waals surface area (Å²) < 4.78 is 26.3. The van der Waals surface area contributed by atoms with Crippen molar-refractivity contribution in [2.24, 2.45) is 0 Å². The summed E-state index contributed by atoms with van der Waals surface area (Å²) in [5.74, 6) is -0.792. The number of thiophene rings is 1. The molecule has 2 aromatic rings. The van der Waals surface area contributed by atoms with Crippen LogP contribution in [0.4, 0.5) is 8.78 Å². The van der Waals surface area contributed by atoms with E-state index >= 15 is 0 Å². The van der Waals surface area contributed by atoms with Crippen molar-refractivity contribution in [3.05, 3.63) is 46.2 Å². The Kier molecular flexibility index (Phi) is 2.33. The molecule has 0 fully saturated rings. The van der Waals surface area contributed by atoms with Gasteiger partial charge >= 0.3 is 0 Å². The van der Waals surface area contributed by atoms with Crippen molar-refractivity contribution in [2.75, 3.05) is 0 Å². The van der Waals surface area contributed by atoms with Gasteiger partial charge in [-0.15, -0.1) is 11.3 Å². The van der Waals surface area contributed by atoms with Crippen LogP contribution in [0.3, 0.4) is 0 Å². The zero-order valence-corrected chi connectivity index (χ0v) is 8.37. The van der Waals surface area contributed by atoms with Crippen molar-refractivity contribution in [3.8, 4) is 11.1 Å². The Morgan fingerprint density at radius 2 is 1.86 bits per heavy atom. The lowest BCUT2D eigenvalue weighted by molar-refractivity contribution is 0.603. The Morgan fingerprint density at radius 3 is 2.50 bits per heavy atom. The second-order valence-corrected chi connectivity index (χ2v) is 4.13. The first-order valence-corrected chi connectivity index (χ1v) is 5.06. The van der Waals surface area contributed by atoms with Gasteiger partial charge in [-0.2, -0.15) is 0 Å². The van der Waals surface area contributed by atoms with Crippen LogP contribution < -0.4 is 0 Å². The van der Waals surface area contributed by atoms with Crippen LogP contribution in [-0.2, 0) is 0 Å². The molecule has 0 spiro atoms. The fourth-order valence-corrected chi connectivity index (χ4v) is 2.08. The summed E-state index contributed by atoms with van der Waals surface area (Å²) in [4.78, 5) is 0.995. The third-order valence-electron chi connectivity index (χ3n) is 2.08. The van der Waals surface area contributed by atoms with Crippen molar-refractivity contribution in [1.29, 1.82) is 0 Å². The van der Waals surface area contributed by atoms with Gasteiger partial charge in [0.05, 0.1) is 0 Å². The minimum absolute atomic E-state index is 0.337. The highest BCUT2D eigenvalue weighted by atomic mass is 32.1. The van der Waals surface area contributed by atoms with Gasteiger partial charge in [0.2, 0.25) is 0 Å². The molecule has 0 saturated carbocycles. The highest BCUT2D eigenvalue weighted by Crippen LogP contribution is 2.29. The monoisotopic (exact) mass is 210 g/mol. The standard InChI is InChI=1S/C11H8F2S/c1-7-9(4-5-14-7)10-6-8(12)2-3-11(10)13/h2-6H,1H3. The normalized spacial score (nSPS) is 10.5. The largest absolute Gasteiger partial charge is 0.207 e. The van der Waals surface area contributed by atoms with Gasteiger partial charge in [-0.1, -0.05) is 0 Å². The zero-order chi connectivity index (χ0) is 10.1. The highest BCUT2D eigenvalue weighted by Gasteiger charge is 2.09. The maximum atomic E-state index is 13.4. The number of benzene rings is 1. The van der Waals surface area contributed by atoms with Crippen molar-refractivity contribution in [3.63, 3.8) is 0 Å². The van der Waals surface area contributed by atoms with Gasteiger partial charge in [0.1, 0.15) is 11.6 Å². The molecule has 1 aromatic heterocycles. The molecule has 0 aliphatic heterocycles. The van der Waals surface area contributed by atoms with E-state index in [9.17, 15) is 8.78 Å². The number of rotatable bonds is 1. The quantitative estimate of drug-likeness (QED) is 0.667. The Morgan fingerprint density at radius 1 is 1.07 bits per heavy atom. The van der Waals surface area contributed by atoms with Gasteiger partial charge in [0.15, 0.2) is 0 Å². The summed E-state index contributed by atoms with van der Waals surface area (Å²) in [6.45, 7) is 1.89. The molecule has 0 unspecified atom stereocenters. The van der Waals surface area contributed by atoms with Crippen LogP contribution >= 0.6 is 11.3 Å². The van der Waals surface area contributed by atoms with E-state index in [4.69, 9.17) is 0 Å². The molecule has 0 amide bonds. The van der Waals surface area contributed by atoms with Crippen molar-refractivity contribution >= 4 is 11.3 Å². The zero-order valence-electron chi connectivity index (χ0n) is 7.55. The van der Waals surface area contributed by atoms with E-state index in [1.165, 1.54) is 17.4 Å². The van der Waals surface area contributed by atoms with Crippen molar-refractivity contribution < 1.29 is 8.78 Å². The summed E-state index contributed by atoms with van der Waals surface area (Å²) in [5.41, 5.74) is 1.11. The van der Waals surface area contributed by atoms with E-state index < -0.39 is 5.82 Å². The highest BCUT2D eigenvalue weighted by molar-refractivity contribution is 7.10. The first-order valence-electron chi connectivity index (χ1n) is 4.18. The molecule has 0 bridgehead atoms. The molecular formula is C11H8F2S. The average molecular weight is 210 g/mol. The molecule has 0 N–H and O–H groups in total. The molecule has 72 valence electrons. The summed E-state index contributed by atoms with van der Waals surface area (Å²) in [6.07, 6.45) is 0. The van der Waals surface area contributed by atoms with Crippen LogP contribution in [0, 0.1) is 18.6 Å². The van der Waals surface area contributed by atoms with Crippen LogP contribution in [0.15, 0.2) is 29.6 Å². The number of aryl methyl sites for hydroxylation is 1. The Hall–Kier alpha value is -1.22. The molecule has 2 rings (SSSR count). The third-order valence-corrected chi connectivity index (χ3v) is 2.92. The van der Waals surface area contributed by atoms with Crippen LogP contribution in [0.2, 0.25) is 0 Å². The number of hydrogen-bond acceptors (Lipinski definition) is 1. The Balaban J connectivity index is 2.62. The van der Waals surface area contributed by atoms with E-state index in [2.05, 4.69) is 0 Å². The number of hydrogen-bond donors (Lipinski definition) is 0. The maximum Gasteiger partial charge on any atom is 0.131 e. The van der Waals surface area contributed by atoms with Crippen LogP contribution in [0.25, 0.3) is 11.1 Å². The second kappa shape index (κ2) is 3.50. The second-order valence-electron chi connectivity index (χ2n) is 3.01. The van der Waals surface area contributed by atoms with Crippen molar-refractivity contribution in [2.45, 2.75) is 6.92 Å². The predicted molar refractivity (Wildman–Crippen MR) is 54.4 cm³/mol. The van der Waals surface area contributed by atoms with E-state index in [0.29, 0.717) is 5.56 Å². The van der Waals surface area contributed by atoms with Gasteiger partial charge in [-0.05, 0) is 42.1 Å². The lowest BCUT2D eigenvalue weighted by Crippen LogP contribution is -1.85. The predicted octanol–water partition coefficient (Wildman–Crippen LogP) is 4.00. The fourth-order valence-electron chi connectivity index (χ4n) is 1.37. The smallest absolute Gasteiger partial charge is 0.131 e. The van der Waals surface area contributed by atoms with E-state index in [1.54, 1.807) is 6.07 Å². The van der Waals surface area contributed by atoms with Crippen LogP contribution in [0.1, 0.15) is 4.88 Å². The minimum atomic E-state index is -0.410. The lowest BCUT2D eigenvalue weighted by atomic mass is 10.1. The molecule has 14 heavy (non-hydrogen) atoms. The molecule has 1 heterocycles. The first-order chi connectivity index (χ1) is 6.68. The Labute approximate surface area is 84.8 Å². The van der Waals surface area contributed by atoms with E-state index in [-0.39, 0.29) is 5.82 Å². The van der Waals surface area contributed by atoms with Crippen molar-refractivity contribution in [1.82, 2.24) is 0 Å². The SMILES string of the molecule is Cc1sccc1-c1cc(F)ccc1F. The lowest BCUT2D eigenvalue weighted by Gasteiger charge is -2.02. The van der Waals surface area contributed by atoms with Gasteiger partial charge in [-0.3, -0.25) is 0 Å². The third kappa shape index (κ3) is 1.55. The number of halogens is 2. The summed E-state index contributed by atoms with van der Waals surface area (Å²) in [7, 11) is 0. The van der Waals surface area contributed by atoms with E-state index in [0.717, 1.165) is 22.6 Å². The van der Waals surface area contributed by atoms with Crippen LogP contribution in [0.5, 0.6) is 0 Å². The summed E-state index contributed by atoms with van der Waals surface area (Å²) in [6, 6.07) is 5.31. The molecule has 3 heteroatoms. The molecule has 0 atom stereocenters. The molecule has 0 aliphatic carbocycles. The maximum absolute atomic E-state index is 13.4. The average Bonchev–Trinajstić information content (AvgIpc) is 2.56. The molecular weight excluding hydrogens is 202 g/mol. The fraction of sp³-hybridized carbons (Fsp3) is 0.0909. The van der Waals surface area contributed by atoms with E-state index in [1.807, 2.05) is 12.3 Å². The van der Waals surface area contributed by atoms with Crippen LogP contribution in [-0.4, -0.2) is 0 Å². The van der Waals surface area contributed by atoms with Gasteiger partial charge in [0, 0.05) is 10.4 Å². The molecule has 1 aromatic carbocycles. The first kappa shape index (κ1) is 9.34. The molecule has 0 saturated heterocycles. The molecule has 0 radical (unpaired) electrons. The minimum Gasteiger partial charge on any atom is -0.207 e. The van der Waals surface area contributed by atoms with Gasteiger partial charge in [-0.25, -0.2) is 8.78 Å². The molecule has 0 aliphatic rings. The summed E-state index contributed by atoms with van der Waals surface area (Å²) >= 11 is 1.52. The van der Waals surface area contributed by atoms with Gasteiger partial charge < -0.3 is 0 Å². The topological polar surface area (TPSA) is 0 Å². The molecule has 0 nitrogen and oxygen atoms in total. The Bertz CT molecular complexity index is 460. The summed E-state index contributed by atoms with van der Waals surface area (Å²) in [5, 5.41) is 1.87. The van der Waals surface area contributed by atoms with Gasteiger partial charge in [0.25, 0.3) is 0 Å².